The maximum Gasteiger partial charge on any atom is 0.219 e. The summed E-state index contributed by atoms with van der Waals surface area (Å²) in [6, 6.07) is 8.42. The van der Waals surface area contributed by atoms with Crippen LogP contribution in [0, 0.1) is 0 Å². The molecule has 0 bridgehead atoms. The fourth-order valence-electron chi connectivity index (χ4n) is 4.91. The molecule has 0 aliphatic carbocycles. The van der Waals surface area contributed by atoms with Crippen molar-refractivity contribution in [2.45, 2.75) is 37.6 Å². The molecule has 0 radical (unpaired) electrons. The predicted molar refractivity (Wildman–Crippen MR) is 94.4 cm³/mol. The van der Waals surface area contributed by atoms with E-state index in [2.05, 4.69) is 15.9 Å². The first-order valence-electron chi connectivity index (χ1n) is 9.05. The summed E-state index contributed by atoms with van der Waals surface area (Å²) in [5.41, 5.74) is 1.19. The van der Waals surface area contributed by atoms with Crippen LogP contribution in [0.1, 0.15) is 18.9 Å². The molecule has 1 amide bonds. The second-order valence-corrected chi connectivity index (χ2v) is 7.78. The molecule has 136 valence electrons. The van der Waals surface area contributed by atoms with Crippen molar-refractivity contribution >= 4 is 5.91 Å². The third-order valence-corrected chi connectivity index (χ3v) is 5.99. The lowest BCUT2D eigenvalue weighted by atomic mass is 9.83. The Kier molecular flexibility index (Phi) is 4.22. The minimum absolute atomic E-state index is 0.00587. The lowest BCUT2D eigenvalue weighted by Gasteiger charge is -2.61. The lowest BCUT2D eigenvalue weighted by molar-refractivity contribution is -0.149. The highest BCUT2D eigenvalue weighted by Gasteiger charge is 2.56. The average Bonchev–Trinajstić information content (AvgIpc) is 2.94. The van der Waals surface area contributed by atoms with E-state index < -0.39 is 0 Å². The number of β-amino-alcohol motifs (C(OH)–C–C–N with tert-alkyl or cyclic N) is 1. The first-order valence-corrected chi connectivity index (χ1v) is 9.05. The highest BCUT2D eigenvalue weighted by atomic mass is 16.5. The van der Waals surface area contributed by atoms with E-state index in [0.29, 0.717) is 6.04 Å². The molecule has 3 saturated heterocycles. The van der Waals surface area contributed by atoms with Crippen LogP contribution >= 0.6 is 0 Å². The molecule has 3 aliphatic rings. The van der Waals surface area contributed by atoms with Gasteiger partial charge in [0.25, 0.3) is 0 Å². The van der Waals surface area contributed by atoms with Gasteiger partial charge in [0.15, 0.2) is 0 Å². The van der Waals surface area contributed by atoms with Gasteiger partial charge in [-0.15, -0.1) is 0 Å². The molecular formula is C19H27N3O3. The number of rotatable bonds is 3. The molecule has 1 N–H and O–H groups in total. The lowest BCUT2D eigenvalue weighted by Crippen LogP contribution is -2.78. The number of amides is 1. The number of fused-ring (bicyclic) bond motifs is 2. The fourth-order valence-corrected chi connectivity index (χ4v) is 4.91. The molecular weight excluding hydrogens is 318 g/mol. The van der Waals surface area contributed by atoms with Crippen molar-refractivity contribution in [1.29, 1.82) is 0 Å². The van der Waals surface area contributed by atoms with Gasteiger partial charge in [0.05, 0.1) is 18.8 Å². The number of likely N-dealkylation sites (tertiary alicyclic amines) is 1. The molecule has 3 heterocycles. The smallest absolute Gasteiger partial charge is 0.219 e. The summed E-state index contributed by atoms with van der Waals surface area (Å²) in [4.78, 5) is 18.8. The number of aliphatic hydroxyl groups excluding tert-OH is 1. The van der Waals surface area contributed by atoms with Gasteiger partial charge in [-0.05, 0) is 12.5 Å². The molecule has 6 nitrogen and oxygen atoms in total. The topological polar surface area (TPSA) is 56.3 Å². The largest absolute Gasteiger partial charge is 0.496 e. The van der Waals surface area contributed by atoms with Crippen molar-refractivity contribution in [3.63, 3.8) is 0 Å². The molecule has 0 saturated carbocycles. The van der Waals surface area contributed by atoms with Crippen molar-refractivity contribution < 1.29 is 14.6 Å². The molecule has 2 atom stereocenters. The highest BCUT2D eigenvalue weighted by Crippen LogP contribution is 2.39. The van der Waals surface area contributed by atoms with Gasteiger partial charge in [0.1, 0.15) is 5.75 Å². The van der Waals surface area contributed by atoms with Crippen LogP contribution in [-0.4, -0.2) is 83.2 Å². The number of hydrogen-bond acceptors (Lipinski definition) is 5. The van der Waals surface area contributed by atoms with Crippen molar-refractivity contribution in [3.8, 4) is 5.75 Å². The molecule has 1 spiro atoms. The van der Waals surface area contributed by atoms with Gasteiger partial charge in [-0.1, -0.05) is 18.2 Å². The van der Waals surface area contributed by atoms with E-state index in [1.807, 2.05) is 23.1 Å². The van der Waals surface area contributed by atoms with E-state index in [1.54, 1.807) is 14.0 Å². The Balaban J connectivity index is 1.48. The fraction of sp³-hybridized carbons (Fsp3) is 0.632. The van der Waals surface area contributed by atoms with E-state index >= 15 is 0 Å². The van der Waals surface area contributed by atoms with Crippen LogP contribution in [0.25, 0.3) is 0 Å². The number of para-hydroxylation sites is 1. The normalized spacial score (nSPS) is 28.7. The first kappa shape index (κ1) is 16.8. The van der Waals surface area contributed by atoms with Crippen LogP contribution in [0.15, 0.2) is 24.3 Å². The Morgan fingerprint density at radius 3 is 2.76 bits per heavy atom. The Hall–Kier alpha value is -1.63. The van der Waals surface area contributed by atoms with Crippen LogP contribution in [0.2, 0.25) is 0 Å². The summed E-state index contributed by atoms with van der Waals surface area (Å²) < 4.78 is 5.46. The molecule has 6 heteroatoms. The third-order valence-electron chi connectivity index (χ3n) is 5.99. The van der Waals surface area contributed by atoms with Crippen LogP contribution in [0.3, 0.4) is 0 Å². The molecule has 0 aromatic heterocycles. The van der Waals surface area contributed by atoms with Gasteiger partial charge >= 0.3 is 0 Å². The number of piperazine rings is 1. The van der Waals surface area contributed by atoms with E-state index in [-0.39, 0.29) is 17.6 Å². The Labute approximate surface area is 149 Å². The monoisotopic (exact) mass is 345 g/mol. The number of methoxy groups -OCH3 is 1. The summed E-state index contributed by atoms with van der Waals surface area (Å²) in [6.45, 7) is 6.62. The summed E-state index contributed by atoms with van der Waals surface area (Å²) in [5, 5.41) is 10.1. The third kappa shape index (κ3) is 2.92. The molecule has 1 aromatic rings. The SMILES string of the molecule is COc1ccccc1CN1CC2(C1)CN(C(C)=O)CC1CC(O)CN12. The summed E-state index contributed by atoms with van der Waals surface area (Å²) >= 11 is 0. The Bertz CT molecular complexity index is 659. The van der Waals surface area contributed by atoms with Gasteiger partial charge in [0, 0.05) is 57.8 Å². The van der Waals surface area contributed by atoms with Crippen molar-refractivity contribution in [2.75, 3.05) is 39.8 Å². The Morgan fingerprint density at radius 2 is 2.04 bits per heavy atom. The summed E-state index contributed by atoms with van der Waals surface area (Å²) in [6.07, 6.45) is 0.509. The zero-order valence-corrected chi connectivity index (χ0v) is 15.0. The highest BCUT2D eigenvalue weighted by molar-refractivity contribution is 5.73. The quantitative estimate of drug-likeness (QED) is 0.867. The van der Waals surface area contributed by atoms with Crippen LogP contribution < -0.4 is 4.74 Å². The zero-order chi connectivity index (χ0) is 17.6. The number of aliphatic hydroxyl groups is 1. The van der Waals surface area contributed by atoms with Gasteiger partial charge in [0.2, 0.25) is 5.91 Å². The number of carbonyl (C=O) groups is 1. The number of hydrogen-bond donors (Lipinski definition) is 1. The Morgan fingerprint density at radius 1 is 1.28 bits per heavy atom. The van der Waals surface area contributed by atoms with Crippen LogP contribution in [0.5, 0.6) is 5.75 Å². The molecule has 25 heavy (non-hydrogen) atoms. The predicted octanol–water partition coefficient (Wildman–Crippen LogP) is 0.547. The standard InChI is InChI=1S/C19H27N3O3/c1-14(23)21-9-16-7-17(24)10-22(16)19(13-21)11-20(12-19)8-15-5-3-4-6-18(15)25-2/h3-6,16-17,24H,7-13H2,1-2H3. The van der Waals surface area contributed by atoms with Crippen LogP contribution in [-0.2, 0) is 11.3 Å². The molecule has 4 rings (SSSR count). The minimum Gasteiger partial charge on any atom is -0.496 e. The number of nitrogens with zero attached hydrogens (tertiary/aromatic N) is 3. The first-order chi connectivity index (χ1) is 12.0. The second-order valence-electron chi connectivity index (χ2n) is 7.78. The van der Waals surface area contributed by atoms with Gasteiger partial charge in [-0.25, -0.2) is 0 Å². The van der Waals surface area contributed by atoms with Crippen molar-refractivity contribution in [2.24, 2.45) is 0 Å². The number of carbonyl (C=O) groups excluding carboxylic acids is 1. The molecule has 3 aliphatic heterocycles. The maximum absolute atomic E-state index is 12.0. The van der Waals surface area contributed by atoms with E-state index in [1.165, 1.54) is 5.56 Å². The molecule has 3 fully saturated rings. The number of benzene rings is 1. The maximum atomic E-state index is 12.0. The summed E-state index contributed by atoms with van der Waals surface area (Å²) in [5.74, 6) is 1.07. The van der Waals surface area contributed by atoms with Crippen LogP contribution in [0.4, 0.5) is 0 Å². The van der Waals surface area contributed by atoms with Crippen molar-refractivity contribution in [1.82, 2.24) is 14.7 Å². The molecule has 2 unspecified atom stereocenters. The number of ether oxygens (including phenoxy) is 1. The van der Waals surface area contributed by atoms with Gasteiger partial charge < -0.3 is 14.7 Å². The molecule has 1 aromatic carbocycles. The minimum atomic E-state index is -0.267. The summed E-state index contributed by atoms with van der Waals surface area (Å²) in [7, 11) is 1.71. The van der Waals surface area contributed by atoms with Gasteiger partial charge in [-0.2, -0.15) is 0 Å². The second kappa shape index (κ2) is 6.27. The van der Waals surface area contributed by atoms with E-state index in [9.17, 15) is 9.90 Å². The van der Waals surface area contributed by atoms with Crippen molar-refractivity contribution in [3.05, 3.63) is 29.8 Å². The average molecular weight is 345 g/mol. The van der Waals surface area contributed by atoms with E-state index in [0.717, 1.165) is 51.4 Å². The van der Waals surface area contributed by atoms with E-state index in [4.69, 9.17) is 4.74 Å². The zero-order valence-electron chi connectivity index (χ0n) is 15.0. The van der Waals surface area contributed by atoms with Gasteiger partial charge in [-0.3, -0.25) is 14.6 Å².